The van der Waals surface area contributed by atoms with E-state index in [-0.39, 0.29) is 0 Å². The molecule has 1 unspecified atom stereocenters. The van der Waals surface area contributed by atoms with E-state index in [9.17, 15) is 4.79 Å². The third kappa shape index (κ3) is 5.44. The zero-order valence-corrected chi connectivity index (χ0v) is 16.1. The van der Waals surface area contributed by atoms with Gasteiger partial charge in [0.1, 0.15) is 6.17 Å². The van der Waals surface area contributed by atoms with Gasteiger partial charge in [0, 0.05) is 10.2 Å². The third-order valence-electron chi connectivity index (χ3n) is 2.88. The summed E-state index contributed by atoms with van der Waals surface area (Å²) in [5, 5.41) is 5.93. The molecule has 0 saturated heterocycles. The molecule has 0 spiro atoms. The molecule has 2 rings (SSSR count). The molecule has 0 heterocycles. The number of anilines is 1. The van der Waals surface area contributed by atoms with Gasteiger partial charge in [-0.1, -0.05) is 74.5 Å². The molecule has 0 radical (unpaired) electrons. The maximum absolute atomic E-state index is 12.3. The number of carbonyl (C=O) groups excluding carboxylic acids is 1. The van der Waals surface area contributed by atoms with E-state index in [0.717, 1.165) is 4.47 Å². The predicted octanol–water partition coefficient (Wildman–Crippen LogP) is 5.64. The number of hydrogen-bond acceptors (Lipinski definition) is 2. The van der Waals surface area contributed by atoms with E-state index < -0.39 is 15.9 Å². The summed E-state index contributed by atoms with van der Waals surface area (Å²) in [6.07, 6.45) is -0.947. The smallest absolute Gasteiger partial charge is 0.254 e. The highest BCUT2D eigenvalue weighted by Gasteiger charge is 2.34. The van der Waals surface area contributed by atoms with Gasteiger partial charge >= 0.3 is 0 Å². The minimum absolute atomic E-state index is 0.297. The fourth-order valence-corrected chi connectivity index (χ4v) is 2.58. The summed E-state index contributed by atoms with van der Waals surface area (Å²) in [7, 11) is 0. The molecule has 0 fully saturated rings. The van der Waals surface area contributed by atoms with Crippen molar-refractivity contribution in [2.75, 3.05) is 5.32 Å². The zero-order valence-electron chi connectivity index (χ0n) is 11.5. The highest BCUT2D eigenvalue weighted by molar-refractivity contribution is 9.10. The van der Waals surface area contributed by atoms with Gasteiger partial charge in [-0.2, -0.15) is 0 Å². The Labute approximate surface area is 162 Å². The maximum Gasteiger partial charge on any atom is 0.254 e. The van der Waals surface area contributed by atoms with Gasteiger partial charge in [-0.3, -0.25) is 4.79 Å². The van der Waals surface area contributed by atoms with E-state index >= 15 is 0 Å². The number of carbonyl (C=O) groups is 1. The summed E-state index contributed by atoms with van der Waals surface area (Å²) in [5.74, 6) is -0.448. The molecule has 0 aliphatic carbocycles. The summed E-state index contributed by atoms with van der Waals surface area (Å²) in [6, 6.07) is 13.9. The van der Waals surface area contributed by atoms with Crippen LogP contribution in [-0.4, -0.2) is 15.9 Å². The van der Waals surface area contributed by atoms with Gasteiger partial charge in [-0.25, -0.2) is 0 Å². The average Bonchev–Trinajstić information content (AvgIpc) is 2.48. The highest BCUT2D eigenvalue weighted by atomic mass is 79.9. The van der Waals surface area contributed by atoms with E-state index in [2.05, 4.69) is 26.6 Å². The van der Waals surface area contributed by atoms with Crippen LogP contribution in [0.4, 0.5) is 5.69 Å². The number of nitrogens with one attached hydrogen (secondary N) is 2. The first-order chi connectivity index (χ1) is 10.8. The standard InChI is InChI=1S/C15H11BrCl4N2O/c16-9-5-7-10(8-6-9)21-14(15(18,19)20)22-13(23)11-3-1-2-4-12(11)17/h1-8,14,21H,(H,22,23). The predicted molar refractivity (Wildman–Crippen MR) is 101 cm³/mol. The van der Waals surface area contributed by atoms with Crippen molar-refractivity contribution in [1.29, 1.82) is 0 Å². The molecular weight excluding hydrogens is 446 g/mol. The minimum atomic E-state index is -1.76. The normalized spacial score (nSPS) is 12.6. The van der Waals surface area contributed by atoms with E-state index in [1.807, 2.05) is 12.1 Å². The molecule has 8 heteroatoms. The van der Waals surface area contributed by atoms with Crippen molar-refractivity contribution >= 4 is 73.9 Å². The third-order valence-corrected chi connectivity index (χ3v) is 4.39. The first-order valence-electron chi connectivity index (χ1n) is 6.41. The van der Waals surface area contributed by atoms with Gasteiger partial charge in [-0.15, -0.1) is 0 Å². The molecule has 1 amide bonds. The number of amides is 1. The molecule has 2 N–H and O–H groups in total. The number of benzene rings is 2. The largest absolute Gasteiger partial charge is 0.362 e. The zero-order chi connectivity index (χ0) is 17.0. The van der Waals surface area contributed by atoms with Gasteiger partial charge in [-0.05, 0) is 36.4 Å². The SMILES string of the molecule is O=C(NC(Nc1ccc(Br)cc1)C(Cl)(Cl)Cl)c1ccccc1Cl. The van der Waals surface area contributed by atoms with Crippen molar-refractivity contribution in [2.45, 2.75) is 9.96 Å². The molecule has 3 nitrogen and oxygen atoms in total. The molecule has 122 valence electrons. The van der Waals surface area contributed by atoms with Crippen LogP contribution in [0.3, 0.4) is 0 Å². The first kappa shape index (κ1) is 18.7. The Morgan fingerprint density at radius 1 is 1.04 bits per heavy atom. The van der Waals surface area contributed by atoms with Crippen LogP contribution in [0, 0.1) is 0 Å². The number of alkyl halides is 3. The maximum atomic E-state index is 12.3. The lowest BCUT2D eigenvalue weighted by molar-refractivity contribution is 0.0942. The first-order valence-corrected chi connectivity index (χ1v) is 8.72. The lowest BCUT2D eigenvalue weighted by Gasteiger charge is -2.27. The van der Waals surface area contributed by atoms with E-state index in [1.54, 1.807) is 36.4 Å². The van der Waals surface area contributed by atoms with Crippen LogP contribution in [0.1, 0.15) is 10.4 Å². The summed E-state index contributed by atoms with van der Waals surface area (Å²) < 4.78 is -0.849. The molecule has 0 bridgehead atoms. The molecular formula is C15H11BrCl4N2O. The van der Waals surface area contributed by atoms with Crippen LogP contribution < -0.4 is 10.6 Å². The lowest BCUT2D eigenvalue weighted by atomic mass is 10.2. The van der Waals surface area contributed by atoms with E-state index in [4.69, 9.17) is 46.4 Å². The molecule has 2 aromatic rings. The van der Waals surface area contributed by atoms with Crippen molar-refractivity contribution in [3.8, 4) is 0 Å². The van der Waals surface area contributed by atoms with Crippen LogP contribution in [0.25, 0.3) is 0 Å². The monoisotopic (exact) mass is 454 g/mol. The molecule has 0 aromatic heterocycles. The Kier molecular flexibility index (Phi) is 6.46. The summed E-state index contributed by atoms with van der Waals surface area (Å²) >= 11 is 27.2. The Morgan fingerprint density at radius 3 is 2.22 bits per heavy atom. The lowest BCUT2D eigenvalue weighted by Crippen LogP contribution is -2.49. The van der Waals surface area contributed by atoms with Crippen molar-refractivity contribution < 1.29 is 4.79 Å². The van der Waals surface area contributed by atoms with Gasteiger partial charge in [0.25, 0.3) is 5.91 Å². The van der Waals surface area contributed by atoms with Gasteiger partial charge in [0.2, 0.25) is 3.79 Å². The van der Waals surface area contributed by atoms with E-state index in [0.29, 0.717) is 16.3 Å². The number of rotatable bonds is 4. The van der Waals surface area contributed by atoms with Crippen LogP contribution >= 0.6 is 62.3 Å². The van der Waals surface area contributed by atoms with Gasteiger partial charge in [0.05, 0.1) is 10.6 Å². The Bertz CT molecular complexity index is 689. The topological polar surface area (TPSA) is 41.1 Å². The van der Waals surface area contributed by atoms with Gasteiger partial charge < -0.3 is 10.6 Å². The van der Waals surface area contributed by atoms with Crippen molar-refractivity contribution in [3.05, 3.63) is 63.6 Å². The summed E-state index contributed by atoms with van der Waals surface area (Å²) in [6.45, 7) is 0. The highest BCUT2D eigenvalue weighted by Crippen LogP contribution is 2.31. The second-order valence-corrected chi connectivity index (χ2v) is 8.27. The van der Waals surface area contributed by atoms with Crippen LogP contribution in [0.2, 0.25) is 5.02 Å². The van der Waals surface area contributed by atoms with Crippen molar-refractivity contribution in [3.63, 3.8) is 0 Å². The summed E-state index contributed by atoms with van der Waals surface area (Å²) in [5.41, 5.74) is 0.981. The number of halogens is 5. The average molecular weight is 457 g/mol. The Hall–Kier alpha value is -0.650. The van der Waals surface area contributed by atoms with Crippen molar-refractivity contribution in [1.82, 2.24) is 5.32 Å². The summed E-state index contributed by atoms with van der Waals surface area (Å²) in [4.78, 5) is 12.3. The second kappa shape index (κ2) is 7.95. The number of hydrogen-bond donors (Lipinski definition) is 2. The Balaban J connectivity index is 2.18. The second-order valence-electron chi connectivity index (χ2n) is 4.58. The minimum Gasteiger partial charge on any atom is -0.362 e. The molecule has 23 heavy (non-hydrogen) atoms. The van der Waals surface area contributed by atoms with Crippen LogP contribution in [-0.2, 0) is 0 Å². The van der Waals surface area contributed by atoms with Gasteiger partial charge in [0.15, 0.2) is 0 Å². The molecule has 0 aliphatic rings. The fourth-order valence-electron chi connectivity index (χ4n) is 1.77. The van der Waals surface area contributed by atoms with Crippen LogP contribution in [0.15, 0.2) is 53.0 Å². The van der Waals surface area contributed by atoms with Crippen LogP contribution in [0.5, 0.6) is 0 Å². The van der Waals surface area contributed by atoms with E-state index in [1.165, 1.54) is 0 Å². The van der Waals surface area contributed by atoms with Crippen molar-refractivity contribution in [2.24, 2.45) is 0 Å². The molecule has 0 saturated carbocycles. The molecule has 2 aromatic carbocycles. The Morgan fingerprint density at radius 2 is 1.65 bits per heavy atom. The molecule has 0 aliphatic heterocycles. The quantitative estimate of drug-likeness (QED) is 0.461. The fraction of sp³-hybridized carbons (Fsp3) is 0.133. The molecule has 1 atom stereocenters.